The van der Waals surface area contributed by atoms with Gasteiger partial charge in [-0.25, -0.2) is 4.39 Å². The van der Waals surface area contributed by atoms with E-state index in [4.69, 9.17) is 10.5 Å². The van der Waals surface area contributed by atoms with Crippen molar-refractivity contribution in [3.63, 3.8) is 0 Å². The van der Waals surface area contributed by atoms with E-state index in [-0.39, 0.29) is 11.6 Å². The summed E-state index contributed by atoms with van der Waals surface area (Å²) in [5.41, 5.74) is 6.80. The molecule has 0 radical (unpaired) electrons. The van der Waals surface area contributed by atoms with Crippen LogP contribution in [-0.4, -0.2) is 10.1 Å². The Balaban J connectivity index is 1.91. The van der Waals surface area contributed by atoms with Gasteiger partial charge in [-0.3, -0.25) is 4.21 Å². The lowest BCUT2D eigenvalue weighted by atomic mass is 10.2. The minimum absolute atomic E-state index is 0.0325. The van der Waals surface area contributed by atoms with Crippen LogP contribution in [0, 0.1) is 5.82 Å². The normalized spacial score (nSPS) is 12.3. The van der Waals surface area contributed by atoms with Gasteiger partial charge in [0.1, 0.15) is 11.8 Å². The largest absolute Gasteiger partial charge is 0.398 e. The Morgan fingerprint density at radius 2 is 1.89 bits per heavy atom. The van der Waals surface area contributed by atoms with E-state index in [2.05, 4.69) is 0 Å². The maximum absolute atomic E-state index is 12.9. The van der Waals surface area contributed by atoms with Crippen LogP contribution in [0.25, 0.3) is 0 Å². The third-order valence-electron chi connectivity index (χ3n) is 2.52. The van der Waals surface area contributed by atoms with Crippen molar-refractivity contribution in [3.8, 4) is 0 Å². The Morgan fingerprint density at radius 1 is 1.16 bits per heavy atom. The Labute approximate surface area is 113 Å². The molecular formula is C14H14FNO2S. The predicted octanol–water partition coefficient (Wildman–Crippen LogP) is 2.69. The number of rotatable bonds is 5. The van der Waals surface area contributed by atoms with Crippen LogP contribution in [0.5, 0.6) is 0 Å². The smallest absolute Gasteiger partial charge is 0.127 e. The lowest BCUT2D eigenvalue weighted by molar-refractivity contribution is 0.166. The van der Waals surface area contributed by atoms with Crippen molar-refractivity contribution in [2.24, 2.45) is 0 Å². The highest BCUT2D eigenvalue weighted by Crippen LogP contribution is 2.18. The molecule has 5 heteroatoms. The quantitative estimate of drug-likeness (QED) is 0.856. The lowest BCUT2D eigenvalue weighted by Gasteiger charge is -2.07. The van der Waals surface area contributed by atoms with Crippen LogP contribution in [0.1, 0.15) is 5.56 Å². The number of nitrogens with two attached hydrogens (primary N) is 1. The summed E-state index contributed by atoms with van der Waals surface area (Å²) in [5, 5.41) is 0. The zero-order chi connectivity index (χ0) is 13.7. The summed E-state index contributed by atoms with van der Waals surface area (Å²) >= 11 is 0. The molecule has 2 aromatic carbocycles. The standard InChI is InChI=1S/C14H14FNO2S/c15-12-6-7-14(13(16)8-12)19(17)10-18-9-11-4-2-1-3-5-11/h1-8H,9-10,16H2. The Kier molecular flexibility index (Phi) is 4.65. The third-order valence-corrected chi connectivity index (χ3v) is 3.76. The SMILES string of the molecule is Nc1cc(F)ccc1S(=O)COCc1ccccc1. The molecule has 0 spiro atoms. The molecule has 2 aromatic rings. The highest BCUT2D eigenvalue weighted by molar-refractivity contribution is 7.85. The van der Waals surface area contributed by atoms with E-state index in [0.717, 1.165) is 11.6 Å². The molecule has 0 heterocycles. The summed E-state index contributed by atoms with van der Waals surface area (Å²) in [6.07, 6.45) is 0. The van der Waals surface area contributed by atoms with Gasteiger partial charge in [-0.2, -0.15) is 0 Å². The maximum Gasteiger partial charge on any atom is 0.127 e. The molecule has 1 atom stereocenters. The number of nitrogen functional groups attached to an aromatic ring is 1. The molecule has 3 nitrogen and oxygen atoms in total. The first-order valence-electron chi connectivity index (χ1n) is 5.72. The number of hydrogen-bond donors (Lipinski definition) is 1. The van der Waals surface area contributed by atoms with Crippen LogP contribution >= 0.6 is 0 Å². The predicted molar refractivity (Wildman–Crippen MR) is 73.3 cm³/mol. The molecule has 0 aliphatic rings. The van der Waals surface area contributed by atoms with Crippen LogP contribution in [0.4, 0.5) is 10.1 Å². The molecule has 0 aromatic heterocycles. The average molecular weight is 279 g/mol. The van der Waals surface area contributed by atoms with Gasteiger partial charge in [0.15, 0.2) is 0 Å². The summed E-state index contributed by atoms with van der Waals surface area (Å²) in [6.45, 7) is 0.383. The van der Waals surface area contributed by atoms with Crippen molar-refractivity contribution in [2.45, 2.75) is 11.5 Å². The lowest BCUT2D eigenvalue weighted by Crippen LogP contribution is -2.06. The van der Waals surface area contributed by atoms with Gasteiger partial charge < -0.3 is 10.5 Å². The van der Waals surface area contributed by atoms with Crippen molar-refractivity contribution in [2.75, 3.05) is 11.7 Å². The molecule has 0 fully saturated rings. The van der Waals surface area contributed by atoms with Crippen LogP contribution < -0.4 is 5.73 Å². The van der Waals surface area contributed by atoms with E-state index in [0.29, 0.717) is 11.5 Å². The fourth-order valence-corrected chi connectivity index (χ4v) is 2.50. The number of anilines is 1. The van der Waals surface area contributed by atoms with E-state index >= 15 is 0 Å². The highest BCUT2D eigenvalue weighted by Gasteiger charge is 2.09. The van der Waals surface area contributed by atoms with Gasteiger partial charge >= 0.3 is 0 Å². The minimum Gasteiger partial charge on any atom is -0.398 e. The molecule has 0 saturated heterocycles. The second-order valence-corrected chi connectivity index (χ2v) is 5.35. The molecule has 1 unspecified atom stereocenters. The Morgan fingerprint density at radius 3 is 2.58 bits per heavy atom. The van der Waals surface area contributed by atoms with Crippen molar-refractivity contribution in [1.29, 1.82) is 0 Å². The molecule has 0 aliphatic carbocycles. The van der Waals surface area contributed by atoms with E-state index < -0.39 is 16.6 Å². The van der Waals surface area contributed by atoms with E-state index in [1.54, 1.807) is 0 Å². The van der Waals surface area contributed by atoms with Gasteiger partial charge in [0.05, 0.1) is 28.0 Å². The molecule has 19 heavy (non-hydrogen) atoms. The van der Waals surface area contributed by atoms with E-state index in [1.165, 1.54) is 12.1 Å². The fraction of sp³-hybridized carbons (Fsp3) is 0.143. The molecule has 2 rings (SSSR count). The molecule has 0 aliphatic heterocycles. The van der Waals surface area contributed by atoms with Crippen molar-refractivity contribution in [1.82, 2.24) is 0 Å². The molecule has 0 amide bonds. The zero-order valence-corrected chi connectivity index (χ0v) is 11.0. The molecule has 100 valence electrons. The first-order valence-corrected chi connectivity index (χ1v) is 7.04. The van der Waals surface area contributed by atoms with Crippen LogP contribution in [0.2, 0.25) is 0 Å². The summed E-state index contributed by atoms with van der Waals surface area (Å²) in [7, 11) is -1.39. The zero-order valence-electron chi connectivity index (χ0n) is 10.2. The summed E-state index contributed by atoms with van der Waals surface area (Å²) in [4.78, 5) is 0.398. The summed E-state index contributed by atoms with van der Waals surface area (Å²) in [6, 6.07) is 13.4. The highest BCUT2D eigenvalue weighted by atomic mass is 32.2. The minimum atomic E-state index is -1.39. The van der Waals surface area contributed by atoms with Gasteiger partial charge in [-0.15, -0.1) is 0 Å². The van der Waals surface area contributed by atoms with Gasteiger partial charge in [0, 0.05) is 0 Å². The fourth-order valence-electron chi connectivity index (χ4n) is 1.60. The number of halogens is 1. The van der Waals surface area contributed by atoms with Crippen molar-refractivity contribution >= 4 is 16.5 Å². The summed E-state index contributed by atoms with van der Waals surface area (Å²) < 4.78 is 30.2. The third kappa shape index (κ3) is 3.87. The first-order chi connectivity index (χ1) is 9.16. The topological polar surface area (TPSA) is 52.3 Å². The number of benzene rings is 2. The molecule has 0 bridgehead atoms. The van der Waals surface area contributed by atoms with Crippen LogP contribution in [-0.2, 0) is 22.1 Å². The van der Waals surface area contributed by atoms with Gasteiger partial charge in [0.25, 0.3) is 0 Å². The van der Waals surface area contributed by atoms with E-state index in [9.17, 15) is 8.60 Å². The first kappa shape index (κ1) is 13.7. The van der Waals surface area contributed by atoms with Crippen LogP contribution in [0.15, 0.2) is 53.4 Å². The average Bonchev–Trinajstić information content (AvgIpc) is 2.39. The maximum atomic E-state index is 12.9. The van der Waals surface area contributed by atoms with Crippen molar-refractivity contribution in [3.05, 3.63) is 59.9 Å². The second kappa shape index (κ2) is 6.45. The summed E-state index contributed by atoms with van der Waals surface area (Å²) in [5.74, 6) is -0.409. The van der Waals surface area contributed by atoms with Gasteiger partial charge in [-0.05, 0) is 23.8 Å². The van der Waals surface area contributed by atoms with Crippen LogP contribution in [0.3, 0.4) is 0 Å². The monoisotopic (exact) mass is 279 g/mol. The number of ether oxygens (including phenoxy) is 1. The van der Waals surface area contributed by atoms with Crippen molar-refractivity contribution < 1.29 is 13.3 Å². The van der Waals surface area contributed by atoms with E-state index in [1.807, 2.05) is 30.3 Å². The Hall–Kier alpha value is -1.72. The molecule has 2 N–H and O–H groups in total. The number of hydrogen-bond acceptors (Lipinski definition) is 3. The van der Waals surface area contributed by atoms with Gasteiger partial charge in [0.2, 0.25) is 0 Å². The molecular weight excluding hydrogens is 265 g/mol. The second-order valence-electron chi connectivity index (χ2n) is 3.98. The Bertz CT molecular complexity index is 575. The molecule has 0 saturated carbocycles. The van der Waals surface area contributed by atoms with Gasteiger partial charge in [-0.1, -0.05) is 30.3 Å².